The summed E-state index contributed by atoms with van der Waals surface area (Å²) in [6.07, 6.45) is 1.89. The number of aryl methyl sites for hydroxylation is 1. The van der Waals surface area contributed by atoms with Gasteiger partial charge in [0.1, 0.15) is 12.4 Å². The van der Waals surface area contributed by atoms with Crippen molar-refractivity contribution in [3.8, 4) is 5.75 Å². The van der Waals surface area contributed by atoms with Gasteiger partial charge >= 0.3 is 58.4 Å². The number of ether oxygens (including phenoxy) is 2. The number of rotatable bonds is 4. The van der Waals surface area contributed by atoms with E-state index in [1.807, 2.05) is 13.8 Å². The molecule has 21 heavy (non-hydrogen) atoms. The zero-order valence-electron chi connectivity index (χ0n) is 13.0. The Morgan fingerprint density at radius 3 is 2.48 bits per heavy atom. The van der Waals surface area contributed by atoms with Gasteiger partial charge in [-0.1, -0.05) is 11.6 Å². The van der Waals surface area contributed by atoms with Crippen LogP contribution in [0.25, 0.3) is 0 Å². The molecule has 0 amide bonds. The predicted octanol–water partition coefficient (Wildman–Crippen LogP) is 0.390. The van der Waals surface area contributed by atoms with Gasteiger partial charge in [0.2, 0.25) is 0 Å². The van der Waals surface area contributed by atoms with Crippen molar-refractivity contribution in [2.75, 3.05) is 6.61 Å². The zero-order valence-corrected chi connectivity index (χ0v) is 16.1. The van der Waals surface area contributed by atoms with E-state index in [-0.39, 0.29) is 68.7 Å². The molecule has 0 aliphatic carbocycles. The molecule has 0 N–H and O–H groups in total. The van der Waals surface area contributed by atoms with Crippen molar-refractivity contribution in [3.05, 3.63) is 23.8 Å². The summed E-state index contributed by atoms with van der Waals surface area (Å²) in [6.45, 7) is 0.914. The normalized spacial score (nSPS) is 21.0. The molecule has 0 spiro atoms. The Balaban J connectivity index is 0.00000220. The number of hydrogen-bond donors (Lipinski definition) is 0. The minimum atomic E-state index is -4.96. The van der Waals surface area contributed by atoms with Crippen LogP contribution in [0.4, 0.5) is 12.9 Å². The molecule has 0 aromatic heterocycles. The molecule has 1 saturated heterocycles. The number of benzene rings is 1. The first-order valence-corrected chi connectivity index (χ1v) is 6.78. The van der Waals surface area contributed by atoms with E-state index in [2.05, 4.69) is 0 Å². The third-order valence-corrected chi connectivity index (χ3v) is 3.58. The van der Waals surface area contributed by atoms with E-state index in [0.717, 1.165) is 18.9 Å². The van der Waals surface area contributed by atoms with Gasteiger partial charge in [-0.05, 0) is 45.7 Å². The van der Waals surface area contributed by atoms with Gasteiger partial charge in [0, 0.05) is 0 Å². The second kappa shape index (κ2) is 7.36. The fraction of sp³-hybridized carbons (Fsp3) is 0.571. The molecule has 0 saturated carbocycles. The van der Waals surface area contributed by atoms with E-state index in [1.165, 1.54) is 19.1 Å². The Morgan fingerprint density at radius 1 is 1.33 bits per heavy atom. The Labute approximate surface area is 166 Å². The van der Waals surface area contributed by atoms with Gasteiger partial charge < -0.3 is 22.4 Å². The minimum absolute atomic E-state index is 0. The summed E-state index contributed by atoms with van der Waals surface area (Å²) in [5, 5.41) is 0. The summed E-state index contributed by atoms with van der Waals surface area (Å²) < 4.78 is 49.4. The average molecular weight is 326 g/mol. The fourth-order valence-corrected chi connectivity index (χ4v) is 2.49. The summed E-state index contributed by atoms with van der Waals surface area (Å²) in [5.74, 6) is 0.458. The molecule has 7 heteroatoms. The molecule has 1 heterocycles. The molecule has 1 aromatic carbocycles. The van der Waals surface area contributed by atoms with Crippen LogP contribution in [0.3, 0.4) is 0 Å². The molecule has 1 unspecified atom stereocenters. The van der Waals surface area contributed by atoms with Crippen LogP contribution in [0.2, 0.25) is 0 Å². The van der Waals surface area contributed by atoms with E-state index in [4.69, 9.17) is 9.47 Å². The molecule has 0 radical (unpaired) electrons. The third-order valence-electron chi connectivity index (χ3n) is 3.58. The number of halogens is 3. The van der Waals surface area contributed by atoms with Crippen LogP contribution in [-0.4, -0.2) is 25.3 Å². The molecular formula is C14H19BF3KO2. The largest absolute Gasteiger partial charge is 1.00 e. The topological polar surface area (TPSA) is 18.5 Å². The van der Waals surface area contributed by atoms with Gasteiger partial charge in [0.15, 0.2) is 0 Å². The molecule has 1 aliphatic rings. The SMILES string of the molecule is Cc1cc(OCC2CCC(C)(C)O2)ccc1[B-](F)(F)F.[K+]. The van der Waals surface area contributed by atoms with Crippen molar-refractivity contribution in [1.82, 2.24) is 0 Å². The van der Waals surface area contributed by atoms with E-state index in [0.29, 0.717) is 12.4 Å². The van der Waals surface area contributed by atoms with Crippen LogP contribution in [0.15, 0.2) is 18.2 Å². The van der Waals surface area contributed by atoms with Gasteiger partial charge in [0.25, 0.3) is 0 Å². The van der Waals surface area contributed by atoms with Crippen LogP contribution >= 0.6 is 0 Å². The maximum atomic E-state index is 12.7. The Kier molecular flexibility index (Phi) is 6.84. The maximum absolute atomic E-state index is 12.7. The van der Waals surface area contributed by atoms with Gasteiger partial charge in [-0.25, -0.2) is 0 Å². The molecular weight excluding hydrogens is 307 g/mol. The van der Waals surface area contributed by atoms with Crippen LogP contribution in [0.5, 0.6) is 5.75 Å². The molecule has 112 valence electrons. The van der Waals surface area contributed by atoms with Crippen LogP contribution < -0.4 is 61.6 Å². The quantitative estimate of drug-likeness (QED) is 0.746. The van der Waals surface area contributed by atoms with Crippen molar-refractivity contribution >= 4 is 12.4 Å². The average Bonchev–Trinajstić information content (AvgIpc) is 2.65. The van der Waals surface area contributed by atoms with Crippen LogP contribution in [0.1, 0.15) is 32.3 Å². The van der Waals surface area contributed by atoms with Crippen LogP contribution in [0, 0.1) is 6.92 Å². The van der Waals surface area contributed by atoms with Crippen molar-refractivity contribution in [3.63, 3.8) is 0 Å². The molecule has 0 bridgehead atoms. The molecule has 1 aromatic rings. The van der Waals surface area contributed by atoms with Crippen molar-refractivity contribution in [2.45, 2.75) is 45.3 Å². The van der Waals surface area contributed by atoms with E-state index in [9.17, 15) is 12.9 Å². The molecule has 1 aliphatic heterocycles. The Morgan fingerprint density at radius 2 is 2.00 bits per heavy atom. The zero-order chi connectivity index (χ0) is 15.0. The molecule has 2 nitrogen and oxygen atoms in total. The predicted molar refractivity (Wildman–Crippen MR) is 73.6 cm³/mol. The summed E-state index contributed by atoms with van der Waals surface area (Å²) in [6, 6.07) is 3.90. The van der Waals surface area contributed by atoms with Crippen molar-refractivity contribution in [2.24, 2.45) is 0 Å². The van der Waals surface area contributed by atoms with E-state index >= 15 is 0 Å². The molecule has 1 fully saturated rings. The third kappa shape index (κ3) is 5.55. The first kappa shape index (κ1) is 19.5. The van der Waals surface area contributed by atoms with Crippen molar-refractivity contribution < 1.29 is 73.8 Å². The molecule has 1 atom stereocenters. The Hall–Kier alpha value is 0.471. The molecule has 2 rings (SSSR count). The maximum Gasteiger partial charge on any atom is 1.00 e. The monoisotopic (exact) mass is 326 g/mol. The van der Waals surface area contributed by atoms with Gasteiger partial charge in [-0.15, -0.1) is 5.46 Å². The first-order chi connectivity index (χ1) is 9.17. The van der Waals surface area contributed by atoms with Crippen molar-refractivity contribution in [1.29, 1.82) is 0 Å². The van der Waals surface area contributed by atoms with Crippen LogP contribution in [-0.2, 0) is 4.74 Å². The van der Waals surface area contributed by atoms with E-state index in [1.54, 1.807) is 0 Å². The van der Waals surface area contributed by atoms with E-state index < -0.39 is 12.4 Å². The summed E-state index contributed by atoms with van der Waals surface area (Å²) >= 11 is 0. The van der Waals surface area contributed by atoms with Gasteiger partial charge in [-0.2, -0.15) is 0 Å². The second-order valence-electron chi connectivity index (χ2n) is 5.94. The minimum Gasteiger partial charge on any atom is -0.491 e. The summed E-state index contributed by atoms with van der Waals surface area (Å²) in [7, 11) is 0. The fourth-order valence-electron chi connectivity index (χ4n) is 2.49. The smallest absolute Gasteiger partial charge is 0.491 e. The van der Waals surface area contributed by atoms with Gasteiger partial charge in [-0.3, -0.25) is 0 Å². The second-order valence-corrected chi connectivity index (χ2v) is 5.94. The Bertz CT molecular complexity index is 492. The first-order valence-electron chi connectivity index (χ1n) is 6.78. The summed E-state index contributed by atoms with van der Waals surface area (Å²) in [5.41, 5.74) is -0.495. The standard InChI is InChI=1S/C14H19BF3O2.K/c1-10-8-11(4-5-13(10)15(16,17)18)19-9-12-6-7-14(2,3)20-12;/h4-5,8,12H,6-7,9H2,1-3H3;/q-1;+1. The number of hydrogen-bond acceptors (Lipinski definition) is 2. The summed E-state index contributed by atoms with van der Waals surface area (Å²) in [4.78, 5) is 0. The van der Waals surface area contributed by atoms with Gasteiger partial charge in [0.05, 0.1) is 11.7 Å².